The summed E-state index contributed by atoms with van der Waals surface area (Å²) in [6, 6.07) is -0.931. The van der Waals surface area contributed by atoms with Crippen molar-refractivity contribution in [1.29, 1.82) is 0 Å². The van der Waals surface area contributed by atoms with Crippen molar-refractivity contribution in [2.45, 2.75) is 57.9 Å². The lowest BCUT2D eigenvalue weighted by atomic mass is 10.1. The van der Waals surface area contributed by atoms with E-state index in [0.29, 0.717) is 26.0 Å². The lowest BCUT2D eigenvalue weighted by molar-refractivity contribution is -0.164. The molecule has 0 aromatic rings. The Morgan fingerprint density at radius 1 is 1.43 bits per heavy atom. The molecule has 3 atom stereocenters. The molecule has 21 heavy (non-hydrogen) atoms. The van der Waals surface area contributed by atoms with E-state index < -0.39 is 18.4 Å². The zero-order valence-electron chi connectivity index (χ0n) is 12.5. The largest absolute Gasteiger partial charge is 0.433 e. The molecule has 2 saturated heterocycles. The lowest BCUT2D eigenvalue weighted by Gasteiger charge is -2.26. The second kappa shape index (κ2) is 6.89. The Hall–Kier alpha value is -1.63. The molecule has 0 radical (unpaired) electrons. The molecule has 0 bridgehead atoms. The van der Waals surface area contributed by atoms with E-state index in [9.17, 15) is 14.4 Å². The maximum atomic E-state index is 12.4. The van der Waals surface area contributed by atoms with Crippen LogP contribution < -0.4 is 5.32 Å². The number of carbonyl (C=O) groups is 3. The molecule has 0 saturated carbocycles. The summed E-state index contributed by atoms with van der Waals surface area (Å²) in [6.45, 7) is 4.59. The zero-order chi connectivity index (χ0) is 15.4. The highest BCUT2D eigenvalue weighted by Gasteiger charge is 2.40. The van der Waals surface area contributed by atoms with Crippen LogP contribution in [0.25, 0.3) is 0 Å². The van der Waals surface area contributed by atoms with Crippen LogP contribution >= 0.6 is 0 Å². The minimum Gasteiger partial charge on any atom is -0.433 e. The number of nitrogens with one attached hydrogen (secondary N) is 1. The standard InChI is InChI=1S/C14H22N2O5/c1-3-11(17)16-7-5-6-10(16)13(19)15-9-8-12(18)21-14(9)20-4-2/h9-10,14H,3-8H2,1-2H3,(H,15,19). The van der Waals surface area contributed by atoms with E-state index in [1.54, 1.807) is 18.7 Å². The van der Waals surface area contributed by atoms with E-state index in [4.69, 9.17) is 9.47 Å². The topological polar surface area (TPSA) is 84.9 Å². The average Bonchev–Trinajstić information content (AvgIpc) is 3.06. The van der Waals surface area contributed by atoms with Gasteiger partial charge in [-0.15, -0.1) is 0 Å². The molecule has 0 aromatic heterocycles. The van der Waals surface area contributed by atoms with Crippen molar-refractivity contribution in [3.05, 3.63) is 0 Å². The van der Waals surface area contributed by atoms with Gasteiger partial charge in [0.15, 0.2) is 0 Å². The Bertz CT molecular complexity index is 426. The molecule has 2 heterocycles. The van der Waals surface area contributed by atoms with Crippen LogP contribution in [0.2, 0.25) is 0 Å². The molecule has 2 amide bonds. The maximum absolute atomic E-state index is 12.4. The highest BCUT2D eigenvalue weighted by atomic mass is 16.7. The Morgan fingerprint density at radius 3 is 2.86 bits per heavy atom. The number of hydrogen-bond donors (Lipinski definition) is 1. The first-order valence-electron chi connectivity index (χ1n) is 7.47. The summed E-state index contributed by atoms with van der Waals surface area (Å²) in [5.74, 6) is -0.637. The van der Waals surface area contributed by atoms with Crippen LogP contribution in [0.5, 0.6) is 0 Å². The first kappa shape index (κ1) is 15.8. The second-order valence-electron chi connectivity index (χ2n) is 5.23. The molecule has 2 aliphatic heterocycles. The fourth-order valence-electron chi connectivity index (χ4n) is 2.79. The molecule has 2 aliphatic rings. The molecule has 2 rings (SSSR count). The van der Waals surface area contributed by atoms with Gasteiger partial charge in [0.1, 0.15) is 12.1 Å². The van der Waals surface area contributed by atoms with E-state index in [-0.39, 0.29) is 24.2 Å². The summed E-state index contributed by atoms with van der Waals surface area (Å²) in [5.41, 5.74) is 0. The van der Waals surface area contributed by atoms with Gasteiger partial charge in [-0.2, -0.15) is 0 Å². The molecule has 0 spiro atoms. The number of likely N-dealkylation sites (tertiary alicyclic amines) is 1. The summed E-state index contributed by atoms with van der Waals surface area (Å²) in [4.78, 5) is 37.1. The van der Waals surface area contributed by atoms with Gasteiger partial charge in [-0.25, -0.2) is 0 Å². The number of cyclic esters (lactones) is 1. The third-order valence-corrected chi connectivity index (χ3v) is 3.80. The first-order valence-corrected chi connectivity index (χ1v) is 7.47. The summed E-state index contributed by atoms with van der Waals surface area (Å²) < 4.78 is 10.3. The highest BCUT2D eigenvalue weighted by Crippen LogP contribution is 2.21. The van der Waals surface area contributed by atoms with E-state index >= 15 is 0 Å². The predicted octanol–water partition coefficient (Wildman–Crippen LogP) is 0.182. The third kappa shape index (κ3) is 3.53. The molecule has 0 aromatic carbocycles. The molecule has 2 fully saturated rings. The van der Waals surface area contributed by atoms with Gasteiger partial charge >= 0.3 is 5.97 Å². The van der Waals surface area contributed by atoms with Crippen LogP contribution in [0, 0.1) is 0 Å². The number of rotatable bonds is 5. The van der Waals surface area contributed by atoms with Crippen LogP contribution in [0.3, 0.4) is 0 Å². The summed E-state index contributed by atoms with van der Waals surface area (Å²) in [6.07, 6.45) is 1.22. The summed E-state index contributed by atoms with van der Waals surface area (Å²) >= 11 is 0. The highest BCUT2D eigenvalue weighted by molar-refractivity contribution is 5.88. The SMILES string of the molecule is CCOC1OC(=O)CC1NC(=O)C1CCCN1C(=O)CC. The van der Waals surface area contributed by atoms with Crippen molar-refractivity contribution < 1.29 is 23.9 Å². The van der Waals surface area contributed by atoms with Gasteiger partial charge in [0.2, 0.25) is 18.1 Å². The van der Waals surface area contributed by atoms with Gasteiger partial charge in [0, 0.05) is 19.6 Å². The number of amides is 2. The molecule has 118 valence electrons. The van der Waals surface area contributed by atoms with Gasteiger partial charge in [-0.05, 0) is 19.8 Å². The van der Waals surface area contributed by atoms with E-state index in [1.807, 2.05) is 0 Å². The number of hydrogen-bond acceptors (Lipinski definition) is 5. The molecule has 7 heteroatoms. The summed E-state index contributed by atoms with van der Waals surface area (Å²) in [7, 11) is 0. The Labute approximate surface area is 123 Å². The van der Waals surface area contributed by atoms with Crippen molar-refractivity contribution in [2.24, 2.45) is 0 Å². The van der Waals surface area contributed by atoms with E-state index in [1.165, 1.54) is 0 Å². The fourth-order valence-corrected chi connectivity index (χ4v) is 2.79. The van der Waals surface area contributed by atoms with Gasteiger partial charge in [0.05, 0.1) is 6.42 Å². The molecule has 1 N–H and O–H groups in total. The van der Waals surface area contributed by atoms with Crippen molar-refractivity contribution in [1.82, 2.24) is 10.2 Å². The van der Waals surface area contributed by atoms with Crippen molar-refractivity contribution in [2.75, 3.05) is 13.2 Å². The Kier molecular flexibility index (Phi) is 5.17. The van der Waals surface area contributed by atoms with Crippen LogP contribution in [-0.2, 0) is 23.9 Å². The normalized spacial score (nSPS) is 28.6. The van der Waals surface area contributed by atoms with Crippen LogP contribution in [-0.4, -0.2) is 54.2 Å². The maximum Gasteiger partial charge on any atom is 0.310 e. The van der Waals surface area contributed by atoms with Crippen LogP contribution in [0.1, 0.15) is 39.5 Å². The monoisotopic (exact) mass is 298 g/mol. The zero-order valence-corrected chi connectivity index (χ0v) is 12.5. The molecule has 7 nitrogen and oxygen atoms in total. The molecular formula is C14H22N2O5. The van der Waals surface area contributed by atoms with Crippen LogP contribution in [0.15, 0.2) is 0 Å². The van der Waals surface area contributed by atoms with Crippen LogP contribution in [0.4, 0.5) is 0 Å². The summed E-state index contributed by atoms with van der Waals surface area (Å²) in [5, 5.41) is 2.79. The van der Waals surface area contributed by atoms with E-state index in [0.717, 1.165) is 6.42 Å². The van der Waals surface area contributed by atoms with Crippen molar-refractivity contribution in [3.63, 3.8) is 0 Å². The Balaban J connectivity index is 1.97. The predicted molar refractivity (Wildman–Crippen MR) is 73.1 cm³/mol. The molecule has 0 aliphatic carbocycles. The minimum absolute atomic E-state index is 0.0206. The van der Waals surface area contributed by atoms with Gasteiger partial charge in [-0.1, -0.05) is 6.92 Å². The number of esters is 1. The lowest BCUT2D eigenvalue weighted by Crippen LogP contribution is -2.51. The van der Waals surface area contributed by atoms with E-state index in [2.05, 4.69) is 5.32 Å². The number of nitrogens with zero attached hydrogens (tertiary/aromatic N) is 1. The number of carbonyl (C=O) groups excluding carboxylic acids is 3. The molecule has 3 unspecified atom stereocenters. The van der Waals surface area contributed by atoms with Gasteiger partial charge in [0.25, 0.3) is 0 Å². The Morgan fingerprint density at radius 2 is 2.19 bits per heavy atom. The van der Waals surface area contributed by atoms with Gasteiger partial charge in [-0.3, -0.25) is 14.4 Å². The minimum atomic E-state index is -0.733. The average molecular weight is 298 g/mol. The second-order valence-corrected chi connectivity index (χ2v) is 5.23. The first-order chi connectivity index (χ1) is 10.1. The van der Waals surface area contributed by atoms with Gasteiger partial charge < -0.3 is 19.7 Å². The van der Waals surface area contributed by atoms with Crippen molar-refractivity contribution >= 4 is 17.8 Å². The quantitative estimate of drug-likeness (QED) is 0.732. The fraction of sp³-hybridized carbons (Fsp3) is 0.786. The van der Waals surface area contributed by atoms with Crippen molar-refractivity contribution in [3.8, 4) is 0 Å². The smallest absolute Gasteiger partial charge is 0.310 e. The molecular weight excluding hydrogens is 276 g/mol. The third-order valence-electron chi connectivity index (χ3n) is 3.80. The number of ether oxygens (including phenoxy) is 2.